The second-order valence-corrected chi connectivity index (χ2v) is 4.79. The summed E-state index contributed by atoms with van der Waals surface area (Å²) >= 11 is 0. The van der Waals surface area contributed by atoms with Crippen molar-refractivity contribution in [2.75, 3.05) is 26.8 Å². The number of hydrogen-bond donors (Lipinski definition) is 1. The third-order valence-corrected chi connectivity index (χ3v) is 3.63. The molecule has 0 unspecified atom stereocenters. The molecular formula is C12H22N2O2. The van der Waals surface area contributed by atoms with E-state index in [-0.39, 0.29) is 6.04 Å². The first kappa shape index (κ1) is 11.9. The number of nitrogens with one attached hydrogen (secondary N) is 1. The molecule has 4 nitrogen and oxygen atoms in total. The number of rotatable bonds is 3. The predicted molar refractivity (Wildman–Crippen MR) is 62.3 cm³/mol. The van der Waals surface area contributed by atoms with Crippen molar-refractivity contribution in [2.45, 2.75) is 44.2 Å². The van der Waals surface area contributed by atoms with Gasteiger partial charge >= 0.3 is 0 Å². The van der Waals surface area contributed by atoms with E-state index in [0.29, 0.717) is 18.6 Å². The molecule has 2 heterocycles. The summed E-state index contributed by atoms with van der Waals surface area (Å²) < 4.78 is 5.21. The summed E-state index contributed by atoms with van der Waals surface area (Å²) in [5.41, 5.74) is 0. The molecule has 16 heavy (non-hydrogen) atoms. The van der Waals surface area contributed by atoms with Crippen molar-refractivity contribution in [3.63, 3.8) is 0 Å². The van der Waals surface area contributed by atoms with E-state index in [0.717, 1.165) is 38.8 Å². The van der Waals surface area contributed by atoms with Gasteiger partial charge in [-0.15, -0.1) is 0 Å². The minimum absolute atomic E-state index is 0.0671. The fraction of sp³-hybridized carbons (Fsp3) is 0.917. The van der Waals surface area contributed by atoms with Crippen LogP contribution in [0.25, 0.3) is 0 Å². The van der Waals surface area contributed by atoms with E-state index in [2.05, 4.69) is 5.32 Å². The Morgan fingerprint density at radius 3 is 2.94 bits per heavy atom. The highest BCUT2D eigenvalue weighted by Crippen LogP contribution is 2.20. The maximum absolute atomic E-state index is 12.3. The van der Waals surface area contributed by atoms with Crippen molar-refractivity contribution in [2.24, 2.45) is 0 Å². The second-order valence-electron chi connectivity index (χ2n) is 4.79. The Morgan fingerprint density at radius 2 is 2.25 bits per heavy atom. The van der Waals surface area contributed by atoms with E-state index in [9.17, 15) is 4.79 Å². The van der Waals surface area contributed by atoms with Crippen molar-refractivity contribution >= 4 is 5.91 Å². The highest BCUT2D eigenvalue weighted by Gasteiger charge is 2.32. The van der Waals surface area contributed by atoms with Gasteiger partial charge in [0.15, 0.2) is 0 Å². The molecule has 2 rings (SSSR count). The van der Waals surface area contributed by atoms with Crippen molar-refractivity contribution in [1.29, 1.82) is 0 Å². The molecule has 0 aromatic heterocycles. The molecule has 2 fully saturated rings. The summed E-state index contributed by atoms with van der Waals surface area (Å²) in [6.45, 7) is 2.57. The Bertz CT molecular complexity index is 237. The zero-order valence-electron chi connectivity index (χ0n) is 10.1. The van der Waals surface area contributed by atoms with Crippen LogP contribution in [0.2, 0.25) is 0 Å². The molecule has 92 valence electrons. The zero-order valence-corrected chi connectivity index (χ0v) is 10.1. The maximum atomic E-state index is 12.3. The van der Waals surface area contributed by atoms with Crippen molar-refractivity contribution in [1.82, 2.24) is 10.2 Å². The first-order chi connectivity index (χ1) is 7.83. The molecule has 0 saturated carbocycles. The molecule has 1 amide bonds. The van der Waals surface area contributed by atoms with Crippen LogP contribution < -0.4 is 5.32 Å². The van der Waals surface area contributed by atoms with Crippen LogP contribution in [0.3, 0.4) is 0 Å². The van der Waals surface area contributed by atoms with Crippen LogP contribution in [-0.4, -0.2) is 49.7 Å². The van der Waals surface area contributed by atoms with E-state index >= 15 is 0 Å². The molecule has 0 aromatic rings. The summed E-state index contributed by atoms with van der Waals surface area (Å²) in [5, 5.41) is 3.28. The van der Waals surface area contributed by atoms with E-state index in [1.807, 2.05) is 4.90 Å². The molecule has 0 aromatic carbocycles. The highest BCUT2D eigenvalue weighted by atomic mass is 16.5. The molecule has 0 bridgehead atoms. The quantitative estimate of drug-likeness (QED) is 0.772. The van der Waals surface area contributed by atoms with E-state index in [1.165, 1.54) is 6.42 Å². The maximum Gasteiger partial charge on any atom is 0.240 e. The number of nitrogens with zero attached hydrogens (tertiary/aromatic N) is 1. The average molecular weight is 226 g/mol. The van der Waals surface area contributed by atoms with Crippen LogP contribution in [0.15, 0.2) is 0 Å². The lowest BCUT2D eigenvalue weighted by atomic mass is 10.0. The van der Waals surface area contributed by atoms with Gasteiger partial charge < -0.3 is 15.0 Å². The van der Waals surface area contributed by atoms with E-state index in [4.69, 9.17) is 4.74 Å². The minimum atomic E-state index is 0.0671. The largest absolute Gasteiger partial charge is 0.383 e. The molecule has 2 aliphatic heterocycles. The normalized spacial score (nSPS) is 30.7. The Balaban J connectivity index is 1.95. The Morgan fingerprint density at radius 1 is 1.38 bits per heavy atom. The number of amides is 1. The van der Waals surface area contributed by atoms with Crippen molar-refractivity contribution in [3.8, 4) is 0 Å². The third-order valence-electron chi connectivity index (χ3n) is 3.63. The fourth-order valence-electron chi connectivity index (χ4n) is 2.75. The van der Waals surface area contributed by atoms with E-state index < -0.39 is 0 Å². The topological polar surface area (TPSA) is 41.6 Å². The molecule has 2 atom stereocenters. The van der Waals surface area contributed by atoms with Gasteiger partial charge in [-0.3, -0.25) is 4.79 Å². The number of carbonyl (C=O) groups is 1. The van der Waals surface area contributed by atoms with Gasteiger partial charge in [0.25, 0.3) is 0 Å². The molecule has 0 spiro atoms. The fourth-order valence-corrected chi connectivity index (χ4v) is 2.75. The van der Waals surface area contributed by atoms with Crippen LogP contribution >= 0.6 is 0 Å². The standard InChI is InChI=1S/C12H22N2O2/c1-16-9-10-5-2-3-8-14(10)12(15)11-6-4-7-13-11/h10-11,13H,2-9H2,1H3/t10-,11-/m1/s1. The first-order valence-corrected chi connectivity index (χ1v) is 6.35. The predicted octanol–water partition coefficient (Wildman–Crippen LogP) is 0.766. The van der Waals surface area contributed by atoms with Crippen molar-refractivity contribution < 1.29 is 9.53 Å². The van der Waals surface area contributed by atoms with Crippen LogP contribution in [0.4, 0.5) is 0 Å². The number of hydrogen-bond acceptors (Lipinski definition) is 3. The highest BCUT2D eigenvalue weighted by molar-refractivity contribution is 5.82. The van der Waals surface area contributed by atoms with Gasteiger partial charge in [0.05, 0.1) is 18.7 Å². The first-order valence-electron chi connectivity index (χ1n) is 6.35. The van der Waals surface area contributed by atoms with Gasteiger partial charge in [-0.1, -0.05) is 0 Å². The minimum Gasteiger partial charge on any atom is -0.383 e. The van der Waals surface area contributed by atoms with Gasteiger partial charge in [0.2, 0.25) is 5.91 Å². The Hall–Kier alpha value is -0.610. The van der Waals surface area contributed by atoms with Crippen LogP contribution in [-0.2, 0) is 9.53 Å². The van der Waals surface area contributed by atoms with Gasteiger partial charge in [0, 0.05) is 13.7 Å². The molecule has 4 heteroatoms. The number of carbonyl (C=O) groups excluding carboxylic acids is 1. The lowest BCUT2D eigenvalue weighted by molar-refractivity contribution is -0.138. The zero-order chi connectivity index (χ0) is 11.4. The number of ether oxygens (including phenoxy) is 1. The van der Waals surface area contributed by atoms with Gasteiger partial charge in [-0.05, 0) is 38.6 Å². The van der Waals surface area contributed by atoms with Crippen LogP contribution in [0.1, 0.15) is 32.1 Å². The summed E-state index contributed by atoms with van der Waals surface area (Å²) in [7, 11) is 1.71. The lowest BCUT2D eigenvalue weighted by Gasteiger charge is -2.36. The summed E-state index contributed by atoms with van der Waals surface area (Å²) in [5.74, 6) is 0.291. The number of likely N-dealkylation sites (tertiary alicyclic amines) is 1. The van der Waals surface area contributed by atoms with Crippen LogP contribution in [0, 0.1) is 0 Å². The Labute approximate surface area is 97.3 Å². The molecule has 2 saturated heterocycles. The lowest BCUT2D eigenvalue weighted by Crippen LogP contribution is -2.52. The molecule has 1 N–H and O–H groups in total. The molecule has 0 radical (unpaired) electrons. The van der Waals surface area contributed by atoms with Crippen LogP contribution in [0.5, 0.6) is 0 Å². The molecule has 0 aliphatic carbocycles. The van der Waals surface area contributed by atoms with Gasteiger partial charge in [-0.25, -0.2) is 0 Å². The smallest absolute Gasteiger partial charge is 0.240 e. The molecule has 2 aliphatic rings. The Kier molecular flexibility index (Phi) is 4.18. The summed E-state index contributed by atoms with van der Waals surface area (Å²) in [4.78, 5) is 14.3. The summed E-state index contributed by atoms with van der Waals surface area (Å²) in [6, 6.07) is 0.367. The van der Waals surface area contributed by atoms with E-state index in [1.54, 1.807) is 7.11 Å². The third kappa shape index (κ3) is 2.55. The van der Waals surface area contributed by atoms with Gasteiger partial charge in [-0.2, -0.15) is 0 Å². The number of piperidine rings is 1. The second kappa shape index (κ2) is 5.64. The molecular weight excluding hydrogens is 204 g/mol. The average Bonchev–Trinajstić information content (AvgIpc) is 2.83. The van der Waals surface area contributed by atoms with Crippen molar-refractivity contribution in [3.05, 3.63) is 0 Å². The summed E-state index contributed by atoms with van der Waals surface area (Å²) in [6.07, 6.45) is 5.56. The van der Waals surface area contributed by atoms with Gasteiger partial charge in [0.1, 0.15) is 0 Å². The SMILES string of the molecule is COC[C@H]1CCCCN1C(=O)[C@H]1CCCN1. The number of methoxy groups -OCH3 is 1. The monoisotopic (exact) mass is 226 g/mol.